The second-order valence-corrected chi connectivity index (χ2v) is 6.28. The van der Waals surface area contributed by atoms with Crippen LogP contribution < -0.4 is 0 Å². The molecule has 0 saturated carbocycles. The fraction of sp³-hybridized carbons (Fsp3) is 0.300. The Kier molecular flexibility index (Phi) is 4.38. The summed E-state index contributed by atoms with van der Waals surface area (Å²) in [5.74, 6) is 1.45. The average Bonchev–Trinajstić information content (AvgIpc) is 3.30. The van der Waals surface area contributed by atoms with Gasteiger partial charge in [-0.1, -0.05) is 65.8 Å². The Bertz CT molecular complexity index is 724. The number of aromatic nitrogens is 2. The van der Waals surface area contributed by atoms with Gasteiger partial charge in [0.05, 0.1) is 12.5 Å². The maximum absolute atomic E-state index is 5.55. The largest absolute Gasteiger partial charge is 0.338 e. The topological polar surface area (TPSA) is 42.2 Å². The zero-order valence-corrected chi connectivity index (χ0v) is 13.6. The van der Waals surface area contributed by atoms with Crippen molar-refractivity contribution in [3.8, 4) is 0 Å². The van der Waals surface area contributed by atoms with Crippen LogP contribution in [0.2, 0.25) is 0 Å². The molecule has 0 spiro atoms. The molecule has 1 saturated heterocycles. The van der Waals surface area contributed by atoms with Crippen molar-refractivity contribution in [2.75, 3.05) is 13.1 Å². The monoisotopic (exact) mass is 319 g/mol. The van der Waals surface area contributed by atoms with E-state index in [4.69, 9.17) is 9.51 Å². The molecule has 1 aromatic heterocycles. The van der Waals surface area contributed by atoms with Crippen LogP contribution in [0.3, 0.4) is 0 Å². The molecule has 0 atom stereocenters. The van der Waals surface area contributed by atoms with Crippen LogP contribution in [0.5, 0.6) is 0 Å². The Morgan fingerprint density at radius 3 is 2.04 bits per heavy atom. The maximum Gasteiger partial charge on any atom is 0.240 e. The Hall–Kier alpha value is -2.46. The Morgan fingerprint density at radius 2 is 1.46 bits per heavy atom. The highest BCUT2D eigenvalue weighted by atomic mass is 16.5. The molecule has 4 heteroatoms. The van der Waals surface area contributed by atoms with Crippen molar-refractivity contribution >= 4 is 0 Å². The molecule has 0 unspecified atom stereocenters. The predicted molar refractivity (Wildman–Crippen MR) is 92.6 cm³/mol. The summed E-state index contributed by atoms with van der Waals surface area (Å²) in [5.41, 5.74) is 2.36. The van der Waals surface area contributed by atoms with Gasteiger partial charge >= 0.3 is 0 Å². The number of nitrogens with zero attached hydrogens (tertiary/aromatic N) is 3. The normalized spacial score (nSPS) is 15.2. The Balaban J connectivity index is 1.65. The first-order valence-electron chi connectivity index (χ1n) is 8.55. The van der Waals surface area contributed by atoms with E-state index in [-0.39, 0.29) is 5.92 Å². The Morgan fingerprint density at radius 1 is 0.875 bits per heavy atom. The van der Waals surface area contributed by atoms with E-state index in [1.807, 2.05) is 12.1 Å². The SMILES string of the molecule is c1ccc(C(c2ccccc2)c2noc(CN3CCCC3)n2)cc1. The first-order valence-corrected chi connectivity index (χ1v) is 8.55. The highest BCUT2D eigenvalue weighted by Gasteiger charge is 2.23. The summed E-state index contributed by atoms with van der Waals surface area (Å²) in [6, 6.07) is 20.7. The fourth-order valence-electron chi connectivity index (χ4n) is 3.36. The minimum atomic E-state index is 0.00322. The van der Waals surface area contributed by atoms with Crippen LogP contribution >= 0.6 is 0 Å². The lowest BCUT2D eigenvalue weighted by molar-refractivity contribution is 0.267. The molecule has 24 heavy (non-hydrogen) atoms. The first-order chi connectivity index (χ1) is 11.9. The van der Waals surface area contributed by atoms with Gasteiger partial charge in [-0.2, -0.15) is 4.98 Å². The molecule has 4 rings (SSSR count). The minimum absolute atomic E-state index is 0.00322. The van der Waals surface area contributed by atoms with Gasteiger partial charge in [0.25, 0.3) is 0 Å². The lowest BCUT2D eigenvalue weighted by Gasteiger charge is -2.14. The fourth-order valence-corrected chi connectivity index (χ4v) is 3.36. The average molecular weight is 319 g/mol. The summed E-state index contributed by atoms with van der Waals surface area (Å²) in [4.78, 5) is 7.08. The number of rotatable bonds is 5. The molecular formula is C20H21N3O. The zero-order valence-electron chi connectivity index (χ0n) is 13.6. The van der Waals surface area contributed by atoms with E-state index in [9.17, 15) is 0 Å². The molecule has 0 radical (unpaired) electrons. The van der Waals surface area contributed by atoms with Crippen molar-refractivity contribution in [3.63, 3.8) is 0 Å². The molecular weight excluding hydrogens is 298 g/mol. The van der Waals surface area contributed by atoms with Crippen molar-refractivity contribution in [1.82, 2.24) is 15.0 Å². The second-order valence-electron chi connectivity index (χ2n) is 6.28. The van der Waals surface area contributed by atoms with Gasteiger partial charge in [0.15, 0.2) is 5.82 Å². The van der Waals surface area contributed by atoms with Gasteiger partial charge in [0.2, 0.25) is 5.89 Å². The van der Waals surface area contributed by atoms with Crippen molar-refractivity contribution in [2.45, 2.75) is 25.3 Å². The Labute approximate surface area is 142 Å². The smallest absolute Gasteiger partial charge is 0.240 e. The molecule has 0 N–H and O–H groups in total. The van der Waals surface area contributed by atoms with Crippen molar-refractivity contribution in [2.24, 2.45) is 0 Å². The van der Waals surface area contributed by atoms with Crippen LogP contribution in [0.15, 0.2) is 65.2 Å². The van der Waals surface area contributed by atoms with Crippen molar-refractivity contribution in [3.05, 3.63) is 83.5 Å². The molecule has 3 aromatic rings. The first kappa shape index (κ1) is 15.1. The van der Waals surface area contributed by atoms with Gasteiger partial charge in [-0.3, -0.25) is 4.90 Å². The molecule has 0 bridgehead atoms. The van der Waals surface area contributed by atoms with Gasteiger partial charge in [0, 0.05) is 0 Å². The zero-order chi connectivity index (χ0) is 16.2. The molecule has 4 nitrogen and oxygen atoms in total. The summed E-state index contributed by atoms with van der Waals surface area (Å²) in [6.07, 6.45) is 2.52. The standard InChI is InChI=1S/C20H21N3O/c1-3-9-16(10-4-1)19(17-11-5-2-6-12-17)20-21-18(24-22-20)15-23-13-7-8-14-23/h1-6,9-12,19H,7-8,13-15H2. The van der Waals surface area contributed by atoms with E-state index < -0.39 is 0 Å². The number of hydrogen-bond donors (Lipinski definition) is 0. The van der Waals surface area contributed by atoms with Gasteiger partial charge in [-0.15, -0.1) is 0 Å². The van der Waals surface area contributed by atoms with Gasteiger partial charge in [0.1, 0.15) is 0 Å². The number of likely N-dealkylation sites (tertiary alicyclic amines) is 1. The van der Waals surface area contributed by atoms with E-state index >= 15 is 0 Å². The quantitative estimate of drug-likeness (QED) is 0.716. The third kappa shape index (κ3) is 3.24. The molecule has 1 fully saturated rings. The van der Waals surface area contributed by atoms with Crippen LogP contribution in [0.25, 0.3) is 0 Å². The molecule has 2 aromatic carbocycles. The second kappa shape index (κ2) is 6.97. The molecule has 1 aliphatic heterocycles. The summed E-state index contributed by atoms with van der Waals surface area (Å²) < 4.78 is 5.55. The maximum atomic E-state index is 5.55. The summed E-state index contributed by atoms with van der Waals surface area (Å²) in [5, 5.41) is 4.30. The van der Waals surface area contributed by atoms with Crippen LogP contribution in [0, 0.1) is 0 Å². The van der Waals surface area contributed by atoms with E-state index in [0.29, 0.717) is 5.89 Å². The van der Waals surface area contributed by atoms with Gasteiger partial charge in [-0.25, -0.2) is 0 Å². The van der Waals surface area contributed by atoms with Crippen molar-refractivity contribution in [1.29, 1.82) is 0 Å². The summed E-state index contributed by atoms with van der Waals surface area (Å²) in [6.45, 7) is 3.00. The number of benzene rings is 2. The molecule has 1 aliphatic rings. The predicted octanol–water partition coefficient (Wildman–Crippen LogP) is 3.85. The lowest BCUT2D eigenvalue weighted by Crippen LogP contribution is -2.18. The van der Waals surface area contributed by atoms with Gasteiger partial charge < -0.3 is 4.52 Å². The van der Waals surface area contributed by atoms with E-state index in [1.54, 1.807) is 0 Å². The highest BCUT2D eigenvalue weighted by Crippen LogP contribution is 2.30. The summed E-state index contributed by atoms with van der Waals surface area (Å²) >= 11 is 0. The number of hydrogen-bond acceptors (Lipinski definition) is 4. The molecule has 2 heterocycles. The third-order valence-corrected chi connectivity index (χ3v) is 4.57. The van der Waals surface area contributed by atoms with Crippen LogP contribution in [0.4, 0.5) is 0 Å². The highest BCUT2D eigenvalue weighted by molar-refractivity contribution is 5.37. The third-order valence-electron chi connectivity index (χ3n) is 4.57. The summed E-state index contributed by atoms with van der Waals surface area (Å²) in [7, 11) is 0. The van der Waals surface area contributed by atoms with E-state index in [1.165, 1.54) is 24.0 Å². The van der Waals surface area contributed by atoms with Crippen LogP contribution in [0.1, 0.15) is 41.6 Å². The van der Waals surface area contributed by atoms with Crippen LogP contribution in [-0.4, -0.2) is 28.1 Å². The molecule has 0 amide bonds. The molecule has 122 valence electrons. The van der Waals surface area contributed by atoms with E-state index in [2.05, 4.69) is 58.6 Å². The van der Waals surface area contributed by atoms with Crippen molar-refractivity contribution < 1.29 is 4.52 Å². The van der Waals surface area contributed by atoms with Crippen LogP contribution in [-0.2, 0) is 6.54 Å². The minimum Gasteiger partial charge on any atom is -0.338 e. The molecule has 0 aliphatic carbocycles. The van der Waals surface area contributed by atoms with Gasteiger partial charge in [-0.05, 0) is 37.1 Å². The lowest BCUT2D eigenvalue weighted by atomic mass is 9.91. The van der Waals surface area contributed by atoms with E-state index in [0.717, 1.165) is 25.5 Å².